The maximum atomic E-state index is 12.8. The van der Waals surface area contributed by atoms with Crippen LogP contribution in [0.2, 0.25) is 0 Å². The van der Waals surface area contributed by atoms with E-state index in [0.717, 1.165) is 29.1 Å². The summed E-state index contributed by atoms with van der Waals surface area (Å²) >= 11 is 5.33. The molecule has 2 aromatic heterocycles. The Kier molecular flexibility index (Phi) is 7.72. The molecule has 0 aliphatic carbocycles. The average Bonchev–Trinajstić information content (AvgIpc) is 3.32. The van der Waals surface area contributed by atoms with Crippen LogP contribution in [-0.2, 0) is 12.7 Å². The molecule has 0 aliphatic rings. The fraction of sp³-hybridized carbons (Fsp3) is 0.167. The third-order valence-corrected chi connectivity index (χ3v) is 5.11. The summed E-state index contributed by atoms with van der Waals surface area (Å²) in [4.78, 5) is 17.0. The number of rotatable bonds is 5. The number of alkyl halides is 3. The van der Waals surface area contributed by atoms with Crippen LogP contribution in [-0.4, -0.2) is 35.8 Å². The molecule has 0 atom stereocenters. The van der Waals surface area contributed by atoms with Crippen molar-refractivity contribution in [1.82, 2.24) is 24.7 Å². The molecule has 4 aromatic rings. The second-order valence-electron chi connectivity index (χ2n) is 7.98. The van der Waals surface area contributed by atoms with Gasteiger partial charge in [-0.1, -0.05) is 12.1 Å². The number of thiocarbonyl (C=S) groups is 1. The van der Waals surface area contributed by atoms with E-state index in [2.05, 4.69) is 41.0 Å². The van der Waals surface area contributed by atoms with Crippen LogP contribution >= 0.6 is 12.2 Å². The van der Waals surface area contributed by atoms with Gasteiger partial charge in [0.1, 0.15) is 12.7 Å². The van der Waals surface area contributed by atoms with Crippen LogP contribution in [0.15, 0.2) is 72.2 Å². The summed E-state index contributed by atoms with van der Waals surface area (Å²) in [6, 6.07) is 13.9. The van der Waals surface area contributed by atoms with E-state index in [1.165, 1.54) is 18.5 Å². The van der Waals surface area contributed by atoms with Gasteiger partial charge in [0.2, 0.25) is 17.0 Å². The third-order valence-electron chi connectivity index (χ3n) is 4.92. The molecule has 0 amide bonds. The molecular formula is C24H22F3N9S. The minimum absolute atomic E-state index is 0.0157. The van der Waals surface area contributed by atoms with Crippen LogP contribution in [0.4, 0.5) is 30.5 Å². The molecule has 3 N–H and O–H groups in total. The van der Waals surface area contributed by atoms with Gasteiger partial charge in [0.25, 0.3) is 0 Å². The van der Waals surface area contributed by atoms with E-state index in [9.17, 15) is 13.2 Å². The third kappa shape index (κ3) is 7.54. The first-order valence-electron chi connectivity index (χ1n) is 11.0. The molecule has 0 unspecified atom stereocenters. The summed E-state index contributed by atoms with van der Waals surface area (Å²) in [6.45, 7) is 4.25. The van der Waals surface area contributed by atoms with E-state index in [-0.39, 0.29) is 11.1 Å². The van der Waals surface area contributed by atoms with Crippen LogP contribution in [0.25, 0.3) is 0 Å². The maximum absolute atomic E-state index is 12.8. The maximum Gasteiger partial charge on any atom is 0.416 e. The second-order valence-corrected chi connectivity index (χ2v) is 8.37. The lowest BCUT2D eigenvalue weighted by atomic mass is 10.2. The van der Waals surface area contributed by atoms with Crippen molar-refractivity contribution in [3.63, 3.8) is 0 Å². The van der Waals surface area contributed by atoms with Crippen molar-refractivity contribution in [2.45, 2.75) is 26.6 Å². The van der Waals surface area contributed by atoms with Gasteiger partial charge in [-0.3, -0.25) is 5.32 Å². The molecule has 0 bridgehead atoms. The molecule has 190 valence electrons. The Morgan fingerprint density at radius 3 is 2.14 bits per heavy atom. The van der Waals surface area contributed by atoms with Gasteiger partial charge in [0.05, 0.1) is 12.1 Å². The largest absolute Gasteiger partial charge is 0.416 e. The summed E-state index contributed by atoms with van der Waals surface area (Å²) in [6.07, 6.45) is -1.31. The highest BCUT2D eigenvalue weighted by Crippen LogP contribution is 2.29. The summed E-state index contributed by atoms with van der Waals surface area (Å²) in [5, 5.41) is 13.1. The Balaban J connectivity index is 1.52. The molecule has 0 radical (unpaired) electrons. The van der Waals surface area contributed by atoms with Crippen molar-refractivity contribution in [3.8, 4) is 0 Å². The van der Waals surface area contributed by atoms with Gasteiger partial charge in [0, 0.05) is 22.8 Å². The standard InChI is InChI=1S/C24H22F3N9S/c1-15-11-16(2)31-21(30-15)34-22(32-19-7-3-17(4-8-19)12-36-14-28-13-29-36)35-23(37)33-20-9-5-18(6-10-20)24(25,26)27/h3-11,13-14H,12H2,1-2H3,(H3,30,31,32,33,34,35,37). The van der Waals surface area contributed by atoms with Gasteiger partial charge in [-0.05, 0) is 74.1 Å². The number of hydrogen-bond acceptors (Lipinski definition) is 5. The Labute approximate surface area is 215 Å². The van der Waals surface area contributed by atoms with E-state index in [0.29, 0.717) is 23.9 Å². The lowest BCUT2D eigenvalue weighted by Crippen LogP contribution is -2.26. The zero-order chi connectivity index (χ0) is 26.4. The van der Waals surface area contributed by atoms with Crippen molar-refractivity contribution in [2.24, 2.45) is 4.99 Å². The van der Waals surface area contributed by atoms with Gasteiger partial charge in [-0.2, -0.15) is 23.3 Å². The monoisotopic (exact) mass is 525 g/mol. The van der Waals surface area contributed by atoms with E-state index in [4.69, 9.17) is 12.2 Å². The lowest BCUT2D eigenvalue weighted by Gasteiger charge is -2.14. The van der Waals surface area contributed by atoms with E-state index in [1.54, 1.807) is 11.0 Å². The van der Waals surface area contributed by atoms with Crippen molar-refractivity contribution >= 4 is 40.6 Å². The number of nitrogens with one attached hydrogen (secondary N) is 3. The predicted octanol–water partition coefficient (Wildman–Crippen LogP) is 5.03. The van der Waals surface area contributed by atoms with Crippen LogP contribution in [0.1, 0.15) is 22.5 Å². The molecule has 0 spiro atoms. The molecule has 37 heavy (non-hydrogen) atoms. The smallest absolute Gasteiger partial charge is 0.331 e. The van der Waals surface area contributed by atoms with Crippen molar-refractivity contribution in [1.29, 1.82) is 0 Å². The first kappa shape index (κ1) is 25.7. The summed E-state index contributed by atoms with van der Waals surface area (Å²) in [5.74, 6) is 0.530. The first-order chi connectivity index (χ1) is 17.6. The molecule has 0 saturated heterocycles. The number of aromatic nitrogens is 5. The summed E-state index contributed by atoms with van der Waals surface area (Å²) < 4.78 is 40.2. The number of aliphatic imine (C=N–C) groups is 1. The van der Waals surface area contributed by atoms with Crippen LogP contribution in [0, 0.1) is 13.8 Å². The van der Waals surface area contributed by atoms with Gasteiger partial charge >= 0.3 is 6.18 Å². The Morgan fingerprint density at radius 1 is 0.919 bits per heavy atom. The Hall–Kier alpha value is -4.39. The number of guanidine groups is 1. The minimum atomic E-state index is -4.42. The molecule has 0 aliphatic heterocycles. The molecule has 0 fully saturated rings. The number of benzene rings is 2. The molecule has 13 heteroatoms. The highest BCUT2D eigenvalue weighted by Gasteiger charge is 2.29. The predicted molar refractivity (Wildman–Crippen MR) is 139 cm³/mol. The molecular weight excluding hydrogens is 503 g/mol. The summed E-state index contributed by atoms with van der Waals surface area (Å²) in [5.41, 5.74) is 2.85. The average molecular weight is 526 g/mol. The number of aryl methyl sites for hydroxylation is 2. The number of anilines is 3. The van der Waals surface area contributed by atoms with Crippen molar-refractivity contribution < 1.29 is 13.2 Å². The van der Waals surface area contributed by atoms with Crippen LogP contribution in [0.3, 0.4) is 0 Å². The number of nitrogens with zero attached hydrogens (tertiary/aromatic N) is 6. The highest BCUT2D eigenvalue weighted by atomic mass is 32.1. The lowest BCUT2D eigenvalue weighted by molar-refractivity contribution is -0.137. The van der Waals surface area contributed by atoms with Gasteiger partial charge in [0.15, 0.2) is 0 Å². The van der Waals surface area contributed by atoms with Crippen LogP contribution in [0.5, 0.6) is 0 Å². The van der Waals surface area contributed by atoms with Gasteiger partial charge in [-0.25, -0.2) is 19.6 Å². The fourth-order valence-electron chi connectivity index (χ4n) is 3.30. The van der Waals surface area contributed by atoms with Gasteiger partial charge in [-0.15, -0.1) is 0 Å². The minimum Gasteiger partial charge on any atom is -0.331 e. The fourth-order valence-corrected chi connectivity index (χ4v) is 3.51. The van der Waals surface area contributed by atoms with E-state index >= 15 is 0 Å². The molecule has 9 nitrogen and oxygen atoms in total. The first-order valence-corrected chi connectivity index (χ1v) is 11.4. The van der Waals surface area contributed by atoms with Crippen LogP contribution < -0.4 is 16.0 Å². The Bertz CT molecular complexity index is 1360. The second kappa shape index (κ2) is 11.1. The normalized spacial score (nSPS) is 11.8. The molecule has 4 rings (SSSR count). The summed E-state index contributed by atoms with van der Waals surface area (Å²) in [7, 11) is 0. The molecule has 2 aromatic carbocycles. The topological polar surface area (TPSA) is 105 Å². The quantitative estimate of drug-likeness (QED) is 0.189. The Morgan fingerprint density at radius 2 is 1.54 bits per heavy atom. The number of halogens is 3. The van der Waals surface area contributed by atoms with Crippen molar-refractivity contribution in [3.05, 3.63) is 89.8 Å². The van der Waals surface area contributed by atoms with Gasteiger partial charge < -0.3 is 10.6 Å². The van der Waals surface area contributed by atoms with E-state index < -0.39 is 11.7 Å². The zero-order valence-electron chi connectivity index (χ0n) is 19.8. The van der Waals surface area contributed by atoms with Crippen molar-refractivity contribution in [2.75, 3.05) is 16.0 Å². The highest BCUT2D eigenvalue weighted by molar-refractivity contribution is 7.80. The zero-order valence-corrected chi connectivity index (χ0v) is 20.6. The van der Waals surface area contributed by atoms with E-state index in [1.807, 2.05) is 44.2 Å². The number of hydrogen-bond donors (Lipinski definition) is 3. The SMILES string of the molecule is Cc1cc(C)nc(N/C(=N/C(=S)Nc2ccc(C(F)(F)F)cc2)Nc2ccc(Cn3cncn3)cc2)n1. The molecule has 2 heterocycles. The molecule has 0 saturated carbocycles.